The number of aryl methyl sites for hydroxylation is 2. The lowest BCUT2D eigenvalue weighted by molar-refractivity contribution is 0.204. The number of rotatable bonds is 7. The zero-order valence-corrected chi connectivity index (χ0v) is 17.1. The highest BCUT2D eigenvalue weighted by Crippen LogP contribution is 2.34. The molecule has 6 nitrogen and oxygen atoms in total. The van der Waals surface area contributed by atoms with Crippen molar-refractivity contribution in [3.8, 4) is 0 Å². The number of nitrogens with zero attached hydrogens (tertiary/aromatic N) is 3. The summed E-state index contributed by atoms with van der Waals surface area (Å²) in [7, 11) is -3.60. The molecule has 3 aromatic rings. The van der Waals surface area contributed by atoms with Gasteiger partial charge >= 0.3 is 0 Å². The normalized spacial score (nSPS) is 18.0. The van der Waals surface area contributed by atoms with Gasteiger partial charge < -0.3 is 4.52 Å². The van der Waals surface area contributed by atoms with E-state index in [0.29, 0.717) is 36.0 Å². The molecule has 1 aliphatic heterocycles. The van der Waals surface area contributed by atoms with E-state index in [4.69, 9.17) is 4.52 Å². The van der Waals surface area contributed by atoms with Crippen molar-refractivity contribution in [2.75, 3.05) is 6.54 Å². The Morgan fingerprint density at radius 3 is 2.45 bits per heavy atom. The van der Waals surface area contributed by atoms with Crippen molar-refractivity contribution in [3.05, 3.63) is 77.9 Å². The van der Waals surface area contributed by atoms with Crippen LogP contribution in [0.3, 0.4) is 0 Å². The van der Waals surface area contributed by atoms with Crippen molar-refractivity contribution in [1.82, 2.24) is 14.4 Å². The van der Waals surface area contributed by atoms with Crippen LogP contribution in [0.4, 0.5) is 0 Å². The Bertz CT molecular complexity index is 1020. The Labute approximate surface area is 171 Å². The lowest BCUT2D eigenvalue weighted by Gasteiger charge is -2.32. The maximum Gasteiger partial charge on any atom is 0.245 e. The average molecular weight is 412 g/mol. The molecule has 1 atom stereocenters. The van der Waals surface area contributed by atoms with E-state index < -0.39 is 16.1 Å². The lowest BCUT2D eigenvalue weighted by Crippen LogP contribution is -2.38. The zero-order chi connectivity index (χ0) is 20.1. The minimum absolute atomic E-state index is 0.300. The van der Waals surface area contributed by atoms with Gasteiger partial charge in [0.05, 0.1) is 4.90 Å². The standard InChI is InChI=1S/C22H25N3O3S/c26-29(27,19-13-5-2-6-14-19)25-17-8-7-15-20(25)22-23-21(24-28-22)16-9-12-18-10-3-1-4-11-18/h1-6,10-11,13-14,20H,7-9,12,15-17H2/t20-/m0/s1. The smallest absolute Gasteiger partial charge is 0.245 e. The summed E-state index contributed by atoms with van der Waals surface area (Å²) in [4.78, 5) is 4.84. The third-order valence-electron chi connectivity index (χ3n) is 5.28. The number of benzene rings is 2. The molecule has 0 aliphatic carbocycles. The Balaban J connectivity index is 1.46. The van der Waals surface area contributed by atoms with Gasteiger partial charge in [-0.2, -0.15) is 9.29 Å². The molecule has 0 saturated carbocycles. The van der Waals surface area contributed by atoms with Gasteiger partial charge in [-0.25, -0.2) is 8.42 Å². The molecule has 0 spiro atoms. The first-order chi connectivity index (χ1) is 14.1. The van der Waals surface area contributed by atoms with Crippen LogP contribution < -0.4 is 0 Å². The molecule has 1 aromatic heterocycles. The molecule has 7 heteroatoms. The molecule has 2 heterocycles. The fraction of sp³-hybridized carbons (Fsp3) is 0.364. The molecule has 0 bridgehead atoms. The summed E-state index contributed by atoms with van der Waals surface area (Å²) in [6.07, 6.45) is 5.04. The third kappa shape index (κ3) is 4.57. The van der Waals surface area contributed by atoms with Gasteiger partial charge in [-0.05, 0) is 43.4 Å². The van der Waals surface area contributed by atoms with Crippen LogP contribution >= 0.6 is 0 Å². The first kappa shape index (κ1) is 19.8. The Morgan fingerprint density at radius 2 is 1.69 bits per heavy atom. The van der Waals surface area contributed by atoms with E-state index in [1.165, 1.54) is 9.87 Å². The highest BCUT2D eigenvalue weighted by Gasteiger charge is 2.37. The molecule has 0 amide bonds. The van der Waals surface area contributed by atoms with Crippen LogP contribution in [-0.2, 0) is 22.9 Å². The summed E-state index contributed by atoms with van der Waals surface area (Å²) in [6, 6.07) is 18.4. The van der Waals surface area contributed by atoms with E-state index in [2.05, 4.69) is 22.3 Å². The molecule has 2 aromatic carbocycles. The second-order valence-corrected chi connectivity index (χ2v) is 9.22. The van der Waals surface area contributed by atoms with E-state index in [1.807, 2.05) is 24.3 Å². The number of aromatic nitrogens is 2. The summed E-state index contributed by atoms with van der Waals surface area (Å²) < 4.78 is 33.3. The van der Waals surface area contributed by atoms with Gasteiger partial charge in [-0.3, -0.25) is 0 Å². The number of sulfonamides is 1. The zero-order valence-electron chi connectivity index (χ0n) is 16.3. The number of hydrogen-bond acceptors (Lipinski definition) is 5. The van der Waals surface area contributed by atoms with Crippen LogP contribution in [0.25, 0.3) is 0 Å². The molecule has 29 heavy (non-hydrogen) atoms. The van der Waals surface area contributed by atoms with Gasteiger partial charge in [0, 0.05) is 13.0 Å². The van der Waals surface area contributed by atoms with Gasteiger partial charge in [-0.1, -0.05) is 60.1 Å². The van der Waals surface area contributed by atoms with Crippen molar-refractivity contribution in [1.29, 1.82) is 0 Å². The predicted molar refractivity (Wildman–Crippen MR) is 110 cm³/mol. The van der Waals surface area contributed by atoms with Crippen LogP contribution in [0.15, 0.2) is 70.1 Å². The van der Waals surface area contributed by atoms with Crippen LogP contribution in [0, 0.1) is 0 Å². The van der Waals surface area contributed by atoms with Gasteiger partial charge in [0.15, 0.2) is 5.82 Å². The molecular formula is C22H25N3O3S. The van der Waals surface area contributed by atoms with Crippen molar-refractivity contribution < 1.29 is 12.9 Å². The maximum atomic E-state index is 13.1. The minimum atomic E-state index is -3.60. The molecule has 4 rings (SSSR count). The van der Waals surface area contributed by atoms with Gasteiger partial charge in [-0.15, -0.1) is 0 Å². The molecule has 0 unspecified atom stereocenters. The second-order valence-electron chi connectivity index (χ2n) is 7.33. The van der Waals surface area contributed by atoms with Crippen LogP contribution in [0.1, 0.15) is 49.0 Å². The number of hydrogen-bond donors (Lipinski definition) is 0. The Hall–Kier alpha value is -2.51. The predicted octanol–water partition coefficient (Wildman–Crippen LogP) is 4.16. The SMILES string of the molecule is O=S(=O)(c1ccccc1)N1CCCC[C@H]1c1nc(CCCc2ccccc2)no1. The van der Waals surface area contributed by atoms with Crippen molar-refractivity contribution in [3.63, 3.8) is 0 Å². The van der Waals surface area contributed by atoms with E-state index >= 15 is 0 Å². The van der Waals surface area contributed by atoms with Crippen molar-refractivity contribution >= 4 is 10.0 Å². The van der Waals surface area contributed by atoms with E-state index in [1.54, 1.807) is 24.3 Å². The fourth-order valence-electron chi connectivity index (χ4n) is 3.77. The Morgan fingerprint density at radius 1 is 0.966 bits per heavy atom. The first-order valence-electron chi connectivity index (χ1n) is 10.1. The van der Waals surface area contributed by atoms with E-state index in [9.17, 15) is 8.42 Å². The number of piperidine rings is 1. The molecular weight excluding hydrogens is 386 g/mol. The summed E-state index contributed by atoms with van der Waals surface area (Å²) >= 11 is 0. The first-order valence-corrected chi connectivity index (χ1v) is 11.5. The van der Waals surface area contributed by atoms with Crippen LogP contribution in [-0.4, -0.2) is 29.4 Å². The van der Waals surface area contributed by atoms with Gasteiger partial charge in [0.2, 0.25) is 15.9 Å². The summed E-state index contributed by atoms with van der Waals surface area (Å²) in [5.74, 6) is 1.04. The van der Waals surface area contributed by atoms with Crippen molar-refractivity contribution in [2.45, 2.75) is 49.5 Å². The lowest BCUT2D eigenvalue weighted by atomic mass is 10.1. The van der Waals surface area contributed by atoms with Crippen LogP contribution in [0.5, 0.6) is 0 Å². The molecule has 1 aliphatic rings. The van der Waals surface area contributed by atoms with E-state index in [0.717, 1.165) is 25.7 Å². The maximum absolute atomic E-state index is 13.1. The molecule has 1 saturated heterocycles. The second kappa shape index (κ2) is 8.88. The molecule has 0 radical (unpaired) electrons. The molecule has 1 fully saturated rings. The third-order valence-corrected chi connectivity index (χ3v) is 7.20. The minimum Gasteiger partial charge on any atom is -0.338 e. The van der Waals surface area contributed by atoms with Gasteiger partial charge in [0.25, 0.3) is 0 Å². The topological polar surface area (TPSA) is 76.3 Å². The molecule has 0 N–H and O–H groups in total. The highest BCUT2D eigenvalue weighted by molar-refractivity contribution is 7.89. The largest absolute Gasteiger partial charge is 0.338 e. The van der Waals surface area contributed by atoms with Crippen molar-refractivity contribution in [2.24, 2.45) is 0 Å². The summed E-state index contributed by atoms with van der Waals surface area (Å²) in [5.41, 5.74) is 1.28. The molecule has 152 valence electrons. The average Bonchev–Trinajstić information content (AvgIpc) is 3.24. The summed E-state index contributed by atoms with van der Waals surface area (Å²) in [5, 5.41) is 4.10. The Kier molecular flexibility index (Phi) is 6.06. The van der Waals surface area contributed by atoms with Crippen LogP contribution in [0.2, 0.25) is 0 Å². The van der Waals surface area contributed by atoms with Gasteiger partial charge in [0.1, 0.15) is 6.04 Å². The quantitative estimate of drug-likeness (QED) is 0.583. The fourth-order valence-corrected chi connectivity index (χ4v) is 5.44. The summed E-state index contributed by atoms with van der Waals surface area (Å²) in [6.45, 7) is 0.466. The van der Waals surface area contributed by atoms with E-state index in [-0.39, 0.29) is 0 Å². The highest BCUT2D eigenvalue weighted by atomic mass is 32.2. The monoisotopic (exact) mass is 411 g/mol.